The highest BCUT2D eigenvalue weighted by Gasteiger charge is 2.51. The van der Waals surface area contributed by atoms with Gasteiger partial charge < -0.3 is 29.0 Å². The Morgan fingerprint density at radius 2 is 1.40 bits per heavy atom. The zero-order valence-corrected chi connectivity index (χ0v) is 34.5. The van der Waals surface area contributed by atoms with Crippen LogP contribution in [0.15, 0.2) is 94.2 Å². The molecule has 13 heteroatoms. The van der Waals surface area contributed by atoms with Crippen LogP contribution in [0.1, 0.15) is 63.1 Å². The van der Waals surface area contributed by atoms with E-state index in [4.69, 9.17) is 9.15 Å². The molecule has 6 aromatic rings. The highest BCUT2D eigenvalue weighted by Crippen LogP contribution is 2.36. The van der Waals surface area contributed by atoms with Gasteiger partial charge in [0, 0.05) is 47.4 Å². The van der Waals surface area contributed by atoms with Crippen LogP contribution in [-0.2, 0) is 48.1 Å². The number of ether oxygens (including phenoxy) is 1. The summed E-state index contributed by atoms with van der Waals surface area (Å²) in [4.78, 5) is 67.9. The Morgan fingerprint density at radius 1 is 0.810 bits per heavy atom. The van der Waals surface area contributed by atoms with Gasteiger partial charge in [-0.1, -0.05) is 48.5 Å². The molecule has 2 aliphatic heterocycles. The second kappa shape index (κ2) is 17.1. The number of thiophene rings is 2. The van der Waals surface area contributed by atoms with Crippen LogP contribution in [-0.4, -0.2) is 86.8 Å². The molecule has 3 aromatic heterocycles. The number of hydrogen-bond acceptors (Lipinski definition) is 9. The number of benzene rings is 3. The lowest BCUT2D eigenvalue weighted by Crippen LogP contribution is -2.68. The van der Waals surface area contributed by atoms with Gasteiger partial charge in [-0.3, -0.25) is 19.2 Å². The Balaban J connectivity index is 0.000000214. The Hall–Kier alpha value is -5.53. The lowest BCUT2D eigenvalue weighted by atomic mass is 9.84. The van der Waals surface area contributed by atoms with Crippen LogP contribution in [0.5, 0.6) is 0 Å². The van der Waals surface area contributed by atoms with E-state index in [0.717, 1.165) is 47.8 Å². The average molecular weight is 822 g/mol. The van der Waals surface area contributed by atoms with Crippen molar-refractivity contribution in [1.82, 2.24) is 14.7 Å². The summed E-state index contributed by atoms with van der Waals surface area (Å²) < 4.78 is 12.9. The molecule has 2 atom stereocenters. The van der Waals surface area contributed by atoms with Gasteiger partial charge in [-0.15, -0.1) is 22.7 Å². The first-order chi connectivity index (χ1) is 27.9. The van der Waals surface area contributed by atoms with Crippen LogP contribution < -0.4 is 0 Å². The SMILES string of the molecule is CC1(C(=O)O)CCN1C(=O)Cc1csc2ccccc12.CCOC(=O)CCCN(Cc1ccc2ccoc2c1)C(=O)C1(C)CCN1C(=O)Cc1csc2ccccc12. The number of hydrogen-bond donors (Lipinski definition) is 1. The van der Waals surface area contributed by atoms with Gasteiger partial charge in [-0.25, -0.2) is 4.79 Å². The van der Waals surface area contributed by atoms with Crippen LogP contribution in [0.4, 0.5) is 0 Å². The van der Waals surface area contributed by atoms with Crippen molar-refractivity contribution < 1.29 is 38.2 Å². The molecule has 8 rings (SSSR count). The van der Waals surface area contributed by atoms with Crippen LogP contribution >= 0.6 is 22.7 Å². The zero-order chi connectivity index (χ0) is 41.0. The molecule has 2 saturated heterocycles. The summed E-state index contributed by atoms with van der Waals surface area (Å²) in [6.45, 7) is 7.42. The van der Waals surface area contributed by atoms with E-state index in [9.17, 15) is 29.1 Å². The van der Waals surface area contributed by atoms with E-state index in [1.165, 1.54) is 4.90 Å². The van der Waals surface area contributed by atoms with Gasteiger partial charge in [-0.05, 0) is 103 Å². The number of carbonyl (C=O) groups is 5. The molecule has 58 heavy (non-hydrogen) atoms. The molecule has 2 fully saturated rings. The van der Waals surface area contributed by atoms with Gasteiger partial charge in [0.1, 0.15) is 16.7 Å². The Bertz CT molecular complexity index is 2490. The third-order valence-electron chi connectivity index (χ3n) is 11.5. The number of esters is 1. The van der Waals surface area contributed by atoms with E-state index >= 15 is 0 Å². The third-order valence-corrected chi connectivity index (χ3v) is 13.5. The summed E-state index contributed by atoms with van der Waals surface area (Å²) in [5.74, 6) is -1.45. The fourth-order valence-electron chi connectivity index (χ4n) is 7.78. The largest absolute Gasteiger partial charge is 0.480 e. The summed E-state index contributed by atoms with van der Waals surface area (Å²) in [5, 5.41) is 16.4. The third kappa shape index (κ3) is 8.23. The normalized spacial score (nSPS) is 18.6. The second-order valence-corrected chi connectivity index (χ2v) is 17.1. The van der Waals surface area contributed by atoms with Gasteiger partial charge in [0.05, 0.1) is 25.7 Å². The van der Waals surface area contributed by atoms with E-state index in [1.54, 1.807) is 52.6 Å². The van der Waals surface area contributed by atoms with Crippen molar-refractivity contribution in [3.8, 4) is 0 Å². The monoisotopic (exact) mass is 821 g/mol. The molecule has 0 radical (unpaired) electrons. The van der Waals surface area contributed by atoms with Crippen molar-refractivity contribution >= 4 is 83.5 Å². The van der Waals surface area contributed by atoms with Crippen molar-refractivity contribution in [2.75, 3.05) is 26.2 Å². The predicted octanol–water partition coefficient (Wildman–Crippen LogP) is 8.07. The molecule has 11 nitrogen and oxygen atoms in total. The molecule has 2 aliphatic rings. The number of likely N-dealkylation sites (tertiary alicyclic amines) is 2. The summed E-state index contributed by atoms with van der Waals surface area (Å²) in [5.41, 5.74) is 1.73. The maximum absolute atomic E-state index is 14.0. The fourth-order valence-corrected chi connectivity index (χ4v) is 9.70. The number of carboxylic acid groups (broad SMARTS) is 1. The zero-order valence-electron chi connectivity index (χ0n) is 32.9. The molecule has 3 amide bonds. The first-order valence-electron chi connectivity index (χ1n) is 19.6. The van der Waals surface area contributed by atoms with E-state index < -0.39 is 17.0 Å². The van der Waals surface area contributed by atoms with Crippen molar-refractivity contribution in [2.45, 2.75) is 76.9 Å². The van der Waals surface area contributed by atoms with Gasteiger partial charge in [0.15, 0.2) is 0 Å². The predicted molar refractivity (Wildman–Crippen MR) is 226 cm³/mol. The van der Waals surface area contributed by atoms with Gasteiger partial charge in [0.2, 0.25) is 17.7 Å². The Kier molecular flexibility index (Phi) is 12.0. The van der Waals surface area contributed by atoms with Crippen molar-refractivity contribution in [1.29, 1.82) is 0 Å². The Morgan fingerprint density at radius 3 is 1.95 bits per heavy atom. The van der Waals surface area contributed by atoms with E-state index in [0.29, 0.717) is 52.0 Å². The van der Waals surface area contributed by atoms with Gasteiger partial charge in [0.25, 0.3) is 0 Å². The number of carboxylic acids is 1. The van der Waals surface area contributed by atoms with Gasteiger partial charge >= 0.3 is 11.9 Å². The van der Waals surface area contributed by atoms with E-state index in [2.05, 4.69) is 6.07 Å². The number of rotatable bonds is 13. The lowest BCUT2D eigenvalue weighted by Gasteiger charge is -2.51. The molecule has 0 saturated carbocycles. The fraction of sp³-hybridized carbons (Fsp3) is 0.356. The molecule has 5 heterocycles. The number of fused-ring (bicyclic) bond motifs is 3. The topological polar surface area (TPSA) is 138 Å². The molecule has 3 aromatic carbocycles. The minimum atomic E-state index is -1.02. The summed E-state index contributed by atoms with van der Waals surface area (Å²) in [6.07, 6.45) is 4.04. The van der Waals surface area contributed by atoms with Crippen molar-refractivity contribution in [3.63, 3.8) is 0 Å². The van der Waals surface area contributed by atoms with E-state index in [1.807, 2.05) is 84.4 Å². The molecule has 0 spiro atoms. The van der Waals surface area contributed by atoms with Crippen molar-refractivity contribution in [2.24, 2.45) is 0 Å². The van der Waals surface area contributed by atoms with Gasteiger partial charge in [-0.2, -0.15) is 0 Å². The molecule has 0 aliphatic carbocycles. The molecule has 2 unspecified atom stereocenters. The quantitative estimate of drug-likeness (QED) is 0.116. The molecule has 0 bridgehead atoms. The molecular weight excluding hydrogens is 775 g/mol. The number of furan rings is 1. The Labute approximate surface area is 344 Å². The van der Waals surface area contributed by atoms with Crippen LogP contribution in [0.2, 0.25) is 0 Å². The summed E-state index contributed by atoms with van der Waals surface area (Å²) in [6, 6.07) is 23.8. The molecule has 1 N–H and O–H groups in total. The number of nitrogens with zero attached hydrogens (tertiary/aromatic N) is 3. The first-order valence-corrected chi connectivity index (χ1v) is 21.3. The summed E-state index contributed by atoms with van der Waals surface area (Å²) >= 11 is 3.24. The maximum atomic E-state index is 14.0. The summed E-state index contributed by atoms with van der Waals surface area (Å²) in [7, 11) is 0. The average Bonchev–Trinajstić information content (AvgIpc) is 3.95. The maximum Gasteiger partial charge on any atom is 0.329 e. The highest BCUT2D eigenvalue weighted by atomic mass is 32.1. The minimum absolute atomic E-state index is 0.0425. The highest BCUT2D eigenvalue weighted by molar-refractivity contribution is 7.17. The lowest BCUT2D eigenvalue weighted by molar-refractivity contribution is -0.168. The van der Waals surface area contributed by atoms with E-state index in [-0.39, 0.29) is 43.0 Å². The smallest absolute Gasteiger partial charge is 0.329 e. The number of aliphatic carboxylic acids is 1. The van der Waals surface area contributed by atoms with Crippen LogP contribution in [0, 0.1) is 0 Å². The van der Waals surface area contributed by atoms with Crippen molar-refractivity contribution in [3.05, 3.63) is 107 Å². The number of amides is 3. The first kappa shape index (κ1) is 40.7. The molecule has 302 valence electrons. The standard InChI is InChI=1S/C30H32N2O5S.C15H15NO3S/c1-3-36-28(34)9-6-14-31(19-21-10-11-22-12-16-37-25(22)17-21)29(35)30(2)13-15-32(30)27(33)18-23-20-38-26-8-5-4-7-24(23)26;1-15(14(18)19)6-7-16(15)13(17)8-10-9-20-12-5-3-2-4-11(10)12/h4-5,7-8,10-12,16-17,20H,3,6,9,13-15,18-19H2,1-2H3;2-5,9H,6-8H2,1H3,(H,18,19). The second-order valence-electron chi connectivity index (χ2n) is 15.2. The van der Waals surface area contributed by atoms with Crippen LogP contribution in [0.3, 0.4) is 0 Å². The molecular formula is C45H47N3O8S2. The van der Waals surface area contributed by atoms with Crippen LogP contribution in [0.25, 0.3) is 31.1 Å². The minimum Gasteiger partial charge on any atom is -0.480 e. The number of carbonyl (C=O) groups excluding carboxylic acids is 4.